The molecule has 18 heavy (non-hydrogen) atoms. The van der Waals surface area contributed by atoms with Crippen molar-refractivity contribution in [2.45, 2.75) is 44.2 Å². The minimum absolute atomic E-state index is 0.0919. The third kappa shape index (κ3) is 3.66. The van der Waals surface area contributed by atoms with E-state index in [9.17, 15) is 8.42 Å². The van der Waals surface area contributed by atoms with Gasteiger partial charge in [-0.25, -0.2) is 12.7 Å². The van der Waals surface area contributed by atoms with Crippen molar-refractivity contribution in [3.05, 3.63) is 0 Å². The summed E-state index contributed by atoms with van der Waals surface area (Å²) >= 11 is 0. The van der Waals surface area contributed by atoms with E-state index in [0.29, 0.717) is 25.7 Å². The minimum atomic E-state index is -3.13. The lowest BCUT2D eigenvalue weighted by atomic mass is 10.1. The van der Waals surface area contributed by atoms with Gasteiger partial charge in [-0.1, -0.05) is 0 Å². The molecule has 106 valence electrons. The smallest absolute Gasteiger partial charge is 0.216 e. The van der Waals surface area contributed by atoms with Crippen LogP contribution in [-0.4, -0.2) is 57.4 Å². The summed E-state index contributed by atoms with van der Waals surface area (Å²) in [6.45, 7) is 1.99. The van der Waals surface area contributed by atoms with Gasteiger partial charge in [-0.3, -0.25) is 0 Å². The molecule has 1 unspecified atom stereocenters. The Kier molecular flexibility index (Phi) is 5.00. The van der Waals surface area contributed by atoms with E-state index in [4.69, 9.17) is 4.74 Å². The van der Waals surface area contributed by atoms with E-state index in [0.717, 1.165) is 32.1 Å². The molecule has 0 bridgehead atoms. The first-order valence-corrected chi connectivity index (χ1v) is 8.49. The molecule has 2 aliphatic rings. The number of sulfonamides is 1. The van der Waals surface area contributed by atoms with Crippen LogP contribution in [0.4, 0.5) is 0 Å². The van der Waals surface area contributed by atoms with Crippen molar-refractivity contribution >= 4 is 10.0 Å². The topological polar surface area (TPSA) is 58.6 Å². The van der Waals surface area contributed by atoms with Gasteiger partial charge in [0.25, 0.3) is 0 Å². The van der Waals surface area contributed by atoms with Gasteiger partial charge in [-0.15, -0.1) is 0 Å². The second kappa shape index (κ2) is 6.32. The molecule has 0 aliphatic carbocycles. The Morgan fingerprint density at radius 2 is 1.94 bits per heavy atom. The molecule has 0 amide bonds. The number of rotatable bonds is 4. The van der Waals surface area contributed by atoms with Crippen LogP contribution in [0.5, 0.6) is 0 Å². The molecular weight excluding hydrogens is 252 g/mol. The van der Waals surface area contributed by atoms with Crippen molar-refractivity contribution in [3.8, 4) is 0 Å². The van der Waals surface area contributed by atoms with Crippen LogP contribution in [0.25, 0.3) is 0 Å². The van der Waals surface area contributed by atoms with Crippen molar-refractivity contribution < 1.29 is 13.2 Å². The van der Waals surface area contributed by atoms with Gasteiger partial charge in [0.05, 0.1) is 11.9 Å². The summed E-state index contributed by atoms with van der Waals surface area (Å²) in [7, 11) is -1.20. The summed E-state index contributed by atoms with van der Waals surface area (Å²) in [6, 6.07) is 0.461. The second-order valence-corrected chi connectivity index (χ2v) is 7.24. The largest absolute Gasteiger partial charge is 0.377 e. The van der Waals surface area contributed by atoms with Crippen LogP contribution >= 0.6 is 0 Å². The first-order chi connectivity index (χ1) is 8.62. The van der Waals surface area contributed by atoms with E-state index in [-0.39, 0.29) is 11.9 Å². The fourth-order valence-corrected chi connectivity index (χ4v) is 4.41. The zero-order chi connectivity index (χ0) is 13.0. The number of ether oxygens (including phenoxy) is 1. The Morgan fingerprint density at radius 3 is 2.50 bits per heavy atom. The normalized spacial score (nSPS) is 28.4. The fourth-order valence-electron chi connectivity index (χ4n) is 2.70. The third-order valence-corrected chi connectivity index (χ3v) is 5.87. The van der Waals surface area contributed by atoms with E-state index >= 15 is 0 Å². The maximum atomic E-state index is 12.3. The van der Waals surface area contributed by atoms with Crippen LogP contribution in [-0.2, 0) is 14.8 Å². The van der Waals surface area contributed by atoms with Crippen LogP contribution in [0.15, 0.2) is 0 Å². The predicted molar refractivity (Wildman–Crippen MR) is 71.0 cm³/mol. The molecule has 0 aromatic carbocycles. The Morgan fingerprint density at radius 1 is 1.22 bits per heavy atom. The molecule has 2 heterocycles. The lowest BCUT2D eigenvalue weighted by Gasteiger charge is -2.32. The molecule has 2 saturated heterocycles. The quantitative estimate of drug-likeness (QED) is 0.815. The highest BCUT2D eigenvalue weighted by atomic mass is 32.2. The first-order valence-electron chi connectivity index (χ1n) is 6.88. The van der Waals surface area contributed by atoms with Crippen LogP contribution in [0.3, 0.4) is 0 Å². The molecule has 0 saturated carbocycles. The molecular formula is C12H24N2O3S. The lowest BCUT2D eigenvalue weighted by molar-refractivity contribution is 0.0298. The van der Waals surface area contributed by atoms with E-state index in [2.05, 4.69) is 5.32 Å². The van der Waals surface area contributed by atoms with Gasteiger partial charge >= 0.3 is 0 Å². The molecule has 1 atom stereocenters. The van der Waals surface area contributed by atoms with Crippen LogP contribution in [0.1, 0.15) is 32.1 Å². The van der Waals surface area contributed by atoms with E-state index in [1.807, 2.05) is 7.05 Å². The molecule has 6 heteroatoms. The van der Waals surface area contributed by atoms with Crippen LogP contribution < -0.4 is 5.32 Å². The van der Waals surface area contributed by atoms with Crippen molar-refractivity contribution in [3.63, 3.8) is 0 Å². The summed E-state index contributed by atoms with van der Waals surface area (Å²) in [5, 5.41) is 3.21. The molecule has 5 nitrogen and oxygen atoms in total. The average molecular weight is 276 g/mol. The second-order valence-electron chi connectivity index (χ2n) is 5.23. The Bertz CT molecular complexity index is 344. The summed E-state index contributed by atoms with van der Waals surface area (Å²) in [4.78, 5) is 0. The van der Waals surface area contributed by atoms with Gasteiger partial charge in [0.2, 0.25) is 10.0 Å². The van der Waals surface area contributed by atoms with Gasteiger partial charge in [0.15, 0.2) is 0 Å². The summed E-state index contributed by atoms with van der Waals surface area (Å²) in [5.74, 6) is 0.164. The number of piperidine rings is 1. The SMILES string of the molecule is CNC1CCN(S(=O)(=O)CC2CCCCO2)CC1. The number of nitrogens with one attached hydrogen (secondary N) is 1. The number of nitrogens with zero attached hydrogens (tertiary/aromatic N) is 1. The maximum absolute atomic E-state index is 12.3. The third-order valence-electron chi connectivity index (χ3n) is 3.93. The average Bonchev–Trinajstić information content (AvgIpc) is 2.39. The van der Waals surface area contributed by atoms with Gasteiger partial charge in [-0.05, 0) is 39.2 Å². The number of hydrogen-bond acceptors (Lipinski definition) is 4. The maximum Gasteiger partial charge on any atom is 0.216 e. The monoisotopic (exact) mass is 276 g/mol. The summed E-state index contributed by atoms with van der Waals surface area (Å²) < 4.78 is 31.7. The Balaban J connectivity index is 1.86. The predicted octanol–water partition coefficient (Wildman–Crippen LogP) is 0.569. The molecule has 2 rings (SSSR count). The van der Waals surface area contributed by atoms with Crippen molar-refractivity contribution in [1.82, 2.24) is 9.62 Å². The molecule has 0 spiro atoms. The van der Waals surface area contributed by atoms with Gasteiger partial charge < -0.3 is 10.1 Å². The van der Waals surface area contributed by atoms with Gasteiger partial charge in [-0.2, -0.15) is 0 Å². The lowest BCUT2D eigenvalue weighted by Crippen LogP contribution is -2.46. The van der Waals surface area contributed by atoms with Crippen molar-refractivity contribution in [2.24, 2.45) is 0 Å². The Hall–Kier alpha value is -0.170. The van der Waals surface area contributed by atoms with Crippen molar-refractivity contribution in [2.75, 3.05) is 32.5 Å². The molecule has 0 radical (unpaired) electrons. The fraction of sp³-hybridized carbons (Fsp3) is 1.00. The van der Waals surface area contributed by atoms with E-state index in [1.54, 1.807) is 4.31 Å². The van der Waals surface area contributed by atoms with E-state index < -0.39 is 10.0 Å². The molecule has 2 fully saturated rings. The molecule has 0 aromatic rings. The van der Waals surface area contributed by atoms with Crippen LogP contribution in [0.2, 0.25) is 0 Å². The van der Waals surface area contributed by atoms with Crippen LogP contribution in [0, 0.1) is 0 Å². The highest BCUT2D eigenvalue weighted by molar-refractivity contribution is 7.89. The van der Waals surface area contributed by atoms with Gasteiger partial charge in [0, 0.05) is 25.7 Å². The Labute approximate surface area is 110 Å². The highest BCUT2D eigenvalue weighted by Gasteiger charge is 2.30. The molecule has 2 aliphatic heterocycles. The highest BCUT2D eigenvalue weighted by Crippen LogP contribution is 2.19. The van der Waals surface area contributed by atoms with E-state index in [1.165, 1.54) is 0 Å². The molecule has 0 aromatic heterocycles. The van der Waals surface area contributed by atoms with Gasteiger partial charge in [0.1, 0.15) is 0 Å². The standard InChI is InChI=1S/C12H24N2O3S/c1-13-11-5-7-14(8-6-11)18(15,16)10-12-4-2-3-9-17-12/h11-13H,2-10H2,1H3. The zero-order valence-electron chi connectivity index (χ0n) is 11.1. The molecule has 1 N–H and O–H groups in total. The summed E-state index contributed by atoms with van der Waals surface area (Å²) in [6.07, 6.45) is 4.74. The minimum Gasteiger partial charge on any atom is -0.377 e. The number of hydrogen-bond donors (Lipinski definition) is 1. The zero-order valence-corrected chi connectivity index (χ0v) is 11.9. The summed E-state index contributed by atoms with van der Waals surface area (Å²) in [5.41, 5.74) is 0. The first kappa shape index (κ1) is 14.2. The van der Waals surface area contributed by atoms with Crippen molar-refractivity contribution in [1.29, 1.82) is 0 Å².